The molecule has 0 bridgehead atoms. The zero-order chi connectivity index (χ0) is 14.4. The van der Waals surface area contributed by atoms with E-state index < -0.39 is 0 Å². The molecule has 0 radical (unpaired) electrons. The number of aromatic nitrogens is 2. The van der Waals surface area contributed by atoms with Gasteiger partial charge in [0, 0.05) is 12.4 Å². The van der Waals surface area contributed by atoms with Crippen molar-refractivity contribution in [1.82, 2.24) is 9.97 Å². The smallest absolute Gasteiger partial charge is 0.276 e. The molecule has 0 aliphatic rings. The molecular weight excluding hydrogens is 254 g/mol. The number of aliphatic hydroxyl groups excluding tert-OH is 1. The molecule has 2 N–H and O–H groups in total. The van der Waals surface area contributed by atoms with Crippen LogP contribution in [0.2, 0.25) is 0 Å². The van der Waals surface area contributed by atoms with Crippen LogP contribution in [-0.4, -0.2) is 27.6 Å². The van der Waals surface area contributed by atoms with E-state index in [2.05, 4.69) is 27.1 Å². The van der Waals surface area contributed by atoms with Crippen LogP contribution in [-0.2, 0) is 0 Å². The van der Waals surface area contributed by atoms with Crippen LogP contribution in [0.4, 0.5) is 5.82 Å². The first-order valence-electron chi connectivity index (χ1n) is 5.99. The molecule has 2 aromatic heterocycles. The van der Waals surface area contributed by atoms with Crippen molar-refractivity contribution in [2.45, 2.75) is 6.92 Å². The van der Waals surface area contributed by atoms with Gasteiger partial charge in [-0.3, -0.25) is 4.79 Å². The summed E-state index contributed by atoms with van der Waals surface area (Å²) < 4.78 is 0. The van der Waals surface area contributed by atoms with Crippen molar-refractivity contribution >= 4 is 11.7 Å². The molecule has 0 aliphatic carbocycles. The second-order valence-corrected chi connectivity index (χ2v) is 4.03. The van der Waals surface area contributed by atoms with Gasteiger partial charge in [0.2, 0.25) is 0 Å². The van der Waals surface area contributed by atoms with Gasteiger partial charge in [-0.15, -0.1) is 0 Å². The Kier molecular flexibility index (Phi) is 4.43. The number of nitrogens with zero attached hydrogens (tertiary/aromatic N) is 2. The molecule has 0 spiro atoms. The summed E-state index contributed by atoms with van der Waals surface area (Å²) >= 11 is 0. The number of carbonyl (C=O) groups is 1. The number of pyridine rings is 2. The van der Waals surface area contributed by atoms with Crippen molar-refractivity contribution in [2.75, 3.05) is 11.9 Å². The Morgan fingerprint density at radius 2 is 2.20 bits per heavy atom. The molecule has 0 fully saturated rings. The van der Waals surface area contributed by atoms with E-state index >= 15 is 0 Å². The molecule has 2 heterocycles. The molecule has 20 heavy (non-hydrogen) atoms. The molecule has 0 saturated carbocycles. The predicted octanol–water partition coefficient (Wildman–Crippen LogP) is 1.38. The van der Waals surface area contributed by atoms with Crippen molar-refractivity contribution in [1.29, 1.82) is 0 Å². The predicted molar refractivity (Wildman–Crippen MR) is 75.1 cm³/mol. The maximum Gasteiger partial charge on any atom is 0.276 e. The van der Waals surface area contributed by atoms with Crippen molar-refractivity contribution in [3.05, 3.63) is 53.5 Å². The minimum absolute atomic E-state index is 0.204. The summed E-state index contributed by atoms with van der Waals surface area (Å²) in [5.41, 5.74) is 1.68. The molecule has 2 rings (SSSR count). The number of nitrogens with one attached hydrogen (secondary N) is 1. The highest BCUT2D eigenvalue weighted by molar-refractivity contribution is 6.03. The summed E-state index contributed by atoms with van der Waals surface area (Å²) in [6.45, 7) is 1.65. The van der Waals surface area contributed by atoms with Crippen LogP contribution in [0.3, 0.4) is 0 Å². The number of rotatable bonds is 2. The van der Waals surface area contributed by atoms with Gasteiger partial charge < -0.3 is 10.4 Å². The van der Waals surface area contributed by atoms with Crippen LogP contribution in [0.25, 0.3) is 0 Å². The molecule has 5 heteroatoms. The minimum atomic E-state index is -0.385. The SMILES string of the molecule is Cc1ccc(NC(=O)c2ncccc2C#CCO)nc1. The zero-order valence-electron chi connectivity index (χ0n) is 10.9. The normalized spacial score (nSPS) is 9.50. The Labute approximate surface area is 116 Å². The molecule has 0 saturated heterocycles. The van der Waals surface area contributed by atoms with Crippen molar-refractivity contribution in [2.24, 2.45) is 0 Å². The molecular formula is C15H13N3O2. The van der Waals surface area contributed by atoms with E-state index in [1.54, 1.807) is 24.4 Å². The summed E-state index contributed by atoms with van der Waals surface area (Å²) in [7, 11) is 0. The monoisotopic (exact) mass is 267 g/mol. The van der Waals surface area contributed by atoms with Gasteiger partial charge >= 0.3 is 0 Å². The lowest BCUT2D eigenvalue weighted by atomic mass is 10.2. The summed E-state index contributed by atoms with van der Waals surface area (Å²) in [6, 6.07) is 6.93. The quantitative estimate of drug-likeness (QED) is 0.806. The van der Waals surface area contributed by atoms with Gasteiger partial charge in [0.25, 0.3) is 5.91 Å². The Hall–Kier alpha value is -2.71. The van der Waals surface area contributed by atoms with E-state index in [9.17, 15) is 4.79 Å². The summed E-state index contributed by atoms with van der Waals surface area (Å²) in [6.07, 6.45) is 3.18. The summed E-state index contributed by atoms with van der Waals surface area (Å²) in [4.78, 5) is 20.3. The zero-order valence-corrected chi connectivity index (χ0v) is 10.9. The number of hydrogen-bond donors (Lipinski definition) is 2. The lowest BCUT2D eigenvalue weighted by molar-refractivity contribution is 0.102. The Balaban J connectivity index is 2.23. The van der Waals surface area contributed by atoms with Gasteiger partial charge in [0.1, 0.15) is 18.1 Å². The minimum Gasteiger partial charge on any atom is -0.384 e. The van der Waals surface area contributed by atoms with E-state index in [1.807, 2.05) is 13.0 Å². The van der Waals surface area contributed by atoms with E-state index in [1.165, 1.54) is 6.20 Å². The second kappa shape index (κ2) is 6.45. The Morgan fingerprint density at radius 1 is 1.35 bits per heavy atom. The third kappa shape index (κ3) is 3.40. The Bertz CT molecular complexity index is 670. The van der Waals surface area contributed by atoms with Crippen molar-refractivity contribution < 1.29 is 9.90 Å². The number of amides is 1. The first-order chi connectivity index (χ1) is 9.70. The molecule has 5 nitrogen and oxygen atoms in total. The van der Waals surface area contributed by atoms with Crippen LogP contribution < -0.4 is 5.32 Å². The maximum absolute atomic E-state index is 12.1. The van der Waals surface area contributed by atoms with Crippen LogP contribution in [0, 0.1) is 18.8 Å². The topological polar surface area (TPSA) is 75.1 Å². The van der Waals surface area contributed by atoms with E-state index in [4.69, 9.17) is 5.11 Å². The molecule has 100 valence electrons. The molecule has 2 aromatic rings. The summed E-state index contributed by atoms with van der Waals surface area (Å²) in [5, 5.41) is 11.4. The fourth-order valence-electron chi connectivity index (χ4n) is 1.54. The van der Waals surface area contributed by atoms with Crippen LogP contribution >= 0.6 is 0 Å². The van der Waals surface area contributed by atoms with Crippen LogP contribution in [0.15, 0.2) is 36.7 Å². The fraction of sp³-hybridized carbons (Fsp3) is 0.133. The summed E-state index contributed by atoms with van der Waals surface area (Å²) in [5.74, 6) is 5.26. The van der Waals surface area contributed by atoms with Gasteiger partial charge in [-0.2, -0.15) is 0 Å². The van der Waals surface area contributed by atoms with Gasteiger partial charge in [0.05, 0.1) is 5.56 Å². The average molecular weight is 267 g/mol. The third-order valence-corrected chi connectivity index (χ3v) is 2.48. The molecule has 0 aromatic carbocycles. The highest BCUT2D eigenvalue weighted by Gasteiger charge is 2.12. The van der Waals surface area contributed by atoms with Gasteiger partial charge in [0.15, 0.2) is 0 Å². The van der Waals surface area contributed by atoms with Gasteiger partial charge in [-0.25, -0.2) is 9.97 Å². The van der Waals surface area contributed by atoms with Crippen molar-refractivity contribution in [3.63, 3.8) is 0 Å². The largest absolute Gasteiger partial charge is 0.384 e. The Morgan fingerprint density at radius 3 is 2.90 bits per heavy atom. The number of carbonyl (C=O) groups excluding carboxylic acids is 1. The van der Waals surface area contributed by atoms with E-state index in [-0.39, 0.29) is 18.2 Å². The van der Waals surface area contributed by atoms with E-state index in [0.29, 0.717) is 11.4 Å². The lowest BCUT2D eigenvalue weighted by Gasteiger charge is -2.05. The highest BCUT2D eigenvalue weighted by atomic mass is 16.2. The lowest BCUT2D eigenvalue weighted by Crippen LogP contribution is -2.16. The molecule has 0 atom stereocenters. The van der Waals surface area contributed by atoms with Gasteiger partial charge in [-0.1, -0.05) is 17.9 Å². The molecule has 0 unspecified atom stereocenters. The van der Waals surface area contributed by atoms with E-state index in [0.717, 1.165) is 5.56 Å². The first-order valence-corrected chi connectivity index (χ1v) is 5.99. The van der Waals surface area contributed by atoms with Gasteiger partial charge in [-0.05, 0) is 30.7 Å². The second-order valence-electron chi connectivity index (χ2n) is 4.03. The molecule has 0 aliphatic heterocycles. The molecule has 1 amide bonds. The number of aliphatic hydroxyl groups is 1. The number of aryl methyl sites for hydroxylation is 1. The highest BCUT2D eigenvalue weighted by Crippen LogP contribution is 2.09. The van der Waals surface area contributed by atoms with Crippen molar-refractivity contribution in [3.8, 4) is 11.8 Å². The number of hydrogen-bond acceptors (Lipinski definition) is 4. The average Bonchev–Trinajstić information content (AvgIpc) is 2.47. The third-order valence-electron chi connectivity index (χ3n) is 2.48. The standard InChI is InChI=1S/C15H13N3O2/c1-11-6-7-13(17-10-11)18-15(20)14-12(5-3-9-19)4-2-8-16-14/h2,4,6-8,10,19H,9H2,1H3,(H,17,18,20). The number of anilines is 1. The maximum atomic E-state index is 12.1. The fourth-order valence-corrected chi connectivity index (χ4v) is 1.54. The van der Waals surface area contributed by atoms with Crippen LogP contribution in [0.1, 0.15) is 21.6 Å². The first kappa shape index (κ1) is 13.7. The van der Waals surface area contributed by atoms with Crippen LogP contribution in [0.5, 0.6) is 0 Å².